The molecule has 0 spiro atoms. The molecule has 1 aliphatic heterocycles. The third-order valence-electron chi connectivity index (χ3n) is 4.25. The average Bonchev–Trinajstić information content (AvgIpc) is 3.05. The van der Waals surface area contributed by atoms with E-state index >= 15 is 0 Å². The molecular formula is C16H17ClN4O2S2. The number of nitrogens with one attached hydrogen (secondary N) is 2. The molecule has 132 valence electrons. The van der Waals surface area contributed by atoms with Crippen LogP contribution >= 0.6 is 24.1 Å². The summed E-state index contributed by atoms with van der Waals surface area (Å²) in [5.74, 6) is 0. The lowest BCUT2D eigenvalue weighted by molar-refractivity contribution is 0.601. The standard InChI is InChI=1S/C16H16N4O2S2.ClH/c1-10-5-6-14(16-15(10)18-23-19-16)24(21,22)20-13-4-2-3-11-9-17-8-7-12(11)13;/h2-6,17,20H,7-9H2,1H3;1H. The Bertz CT molecular complexity index is 1030. The molecule has 0 fully saturated rings. The van der Waals surface area contributed by atoms with Gasteiger partial charge in [-0.15, -0.1) is 12.4 Å². The number of sulfonamides is 1. The van der Waals surface area contributed by atoms with Crippen molar-refractivity contribution in [2.45, 2.75) is 24.8 Å². The van der Waals surface area contributed by atoms with E-state index in [0.717, 1.165) is 47.9 Å². The van der Waals surface area contributed by atoms with Crippen LogP contribution in [0.3, 0.4) is 0 Å². The molecule has 4 rings (SSSR count). The summed E-state index contributed by atoms with van der Waals surface area (Å²) in [5, 5.41) is 3.30. The maximum absolute atomic E-state index is 12.9. The fraction of sp³-hybridized carbons (Fsp3) is 0.250. The Balaban J connectivity index is 0.00000182. The zero-order valence-corrected chi connectivity index (χ0v) is 15.9. The fourth-order valence-electron chi connectivity index (χ4n) is 3.01. The number of halogens is 1. The van der Waals surface area contributed by atoms with Gasteiger partial charge in [-0.3, -0.25) is 4.72 Å². The number of rotatable bonds is 3. The molecule has 2 N–H and O–H groups in total. The van der Waals surface area contributed by atoms with E-state index in [1.54, 1.807) is 12.1 Å². The van der Waals surface area contributed by atoms with Crippen LogP contribution in [0.5, 0.6) is 0 Å². The molecule has 0 saturated heterocycles. The third-order valence-corrected chi connectivity index (χ3v) is 6.18. The highest BCUT2D eigenvalue weighted by atomic mass is 35.5. The Morgan fingerprint density at radius 1 is 1.16 bits per heavy atom. The summed E-state index contributed by atoms with van der Waals surface area (Å²) in [7, 11) is -3.73. The first-order chi connectivity index (χ1) is 11.6. The van der Waals surface area contributed by atoms with E-state index in [1.807, 2.05) is 25.1 Å². The first kappa shape index (κ1) is 18.1. The Hall–Kier alpha value is -1.74. The Morgan fingerprint density at radius 3 is 2.80 bits per heavy atom. The van der Waals surface area contributed by atoms with Gasteiger partial charge < -0.3 is 5.32 Å². The van der Waals surface area contributed by atoms with Crippen molar-refractivity contribution in [3.05, 3.63) is 47.0 Å². The van der Waals surface area contributed by atoms with Gasteiger partial charge in [-0.1, -0.05) is 18.2 Å². The summed E-state index contributed by atoms with van der Waals surface area (Å²) in [6.07, 6.45) is 0.801. The van der Waals surface area contributed by atoms with Gasteiger partial charge in [0.25, 0.3) is 10.0 Å². The van der Waals surface area contributed by atoms with Gasteiger partial charge in [0.1, 0.15) is 15.9 Å². The van der Waals surface area contributed by atoms with Gasteiger partial charge in [-0.25, -0.2) is 8.42 Å². The van der Waals surface area contributed by atoms with Crippen LogP contribution in [0.2, 0.25) is 0 Å². The molecular weight excluding hydrogens is 380 g/mol. The summed E-state index contributed by atoms with van der Waals surface area (Å²) < 4.78 is 37.0. The summed E-state index contributed by atoms with van der Waals surface area (Å²) in [6.45, 7) is 3.50. The summed E-state index contributed by atoms with van der Waals surface area (Å²) in [5.41, 5.74) is 4.82. The van der Waals surface area contributed by atoms with Gasteiger partial charge in [-0.2, -0.15) is 8.75 Å². The minimum atomic E-state index is -3.73. The normalized spacial score (nSPS) is 14.0. The fourth-order valence-corrected chi connectivity index (χ4v) is 4.92. The van der Waals surface area contributed by atoms with Crippen molar-refractivity contribution >= 4 is 50.9 Å². The minimum absolute atomic E-state index is 0. The molecule has 2 heterocycles. The number of aromatic nitrogens is 2. The highest BCUT2D eigenvalue weighted by Gasteiger charge is 2.23. The van der Waals surface area contributed by atoms with Crippen LogP contribution in [0.1, 0.15) is 16.7 Å². The highest BCUT2D eigenvalue weighted by molar-refractivity contribution is 7.93. The summed E-state index contributed by atoms with van der Waals surface area (Å²) >= 11 is 1.03. The van der Waals surface area contributed by atoms with E-state index < -0.39 is 10.0 Å². The number of benzene rings is 2. The average molecular weight is 397 g/mol. The lowest BCUT2D eigenvalue weighted by Crippen LogP contribution is -2.25. The third kappa shape index (κ3) is 3.22. The predicted octanol–water partition coefficient (Wildman–Crippen LogP) is 2.87. The molecule has 0 unspecified atom stereocenters. The molecule has 1 aromatic heterocycles. The second-order valence-corrected chi connectivity index (χ2v) is 8.00. The molecule has 0 amide bonds. The van der Waals surface area contributed by atoms with E-state index in [-0.39, 0.29) is 17.3 Å². The van der Waals surface area contributed by atoms with E-state index in [0.29, 0.717) is 16.7 Å². The van der Waals surface area contributed by atoms with Gasteiger partial charge in [0.15, 0.2) is 0 Å². The summed E-state index contributed by atoms with van der Waals surface area (Å²) in [6, 6.07) is 9.07. The van der Waals surface area contributed by atoms with Crippen LogP contribution in [0, 0.1) is 6.92 Å². The first-order valence-corrected chi connectivity index (χ1v) is 9.84. The zero-order chi connectivity index (χ0) is 16.7. The van der Waals surface area contributed by atoms with Crippen molar-refractivity contribution in [2.24, 2.45) is 0 Å². The topological polar surface area (TPSA) is 84.0 Å². The molecule has 0 bridgehead atoms. The number of nitrogens with zero attached hydrogens (tertiary/aromatic N) is 2. The molecule has 25 heavy (non-hydrogen) atoms. The van der Waals surface area contributed by atoms with Crippen molar-refractivity contribution in [3.63, 3.8) is 0 Å². The lowest BCUT2D eigenvalue weighted by atomic mass is 9.99. The number of anilines is 1. The van der Waals surface area contributed by atoms with Gasteiger partial charge in [-0.05, 0) is 48.7 Å². The maximum atomic E-state index is 12.9. The van der Waals surface area contributed by atoms with Gasteiger partial charge >= 0.3 is 0 Å². The van der Waals surface area contributed by atoms with Crippen molar-refractivity contribution in [3.8, 4) is 0 Å². The van der Waals surface area contributed by atoms with Gasteiger partial charge in [0, 0.05) is 6.54 Å². The Labute approximate surface area is 156 Å². The van der Waals surface area contributed by atoms with Crippen molar-refractivity contribution < 1.29 is 8.42 Å². The molecule has 0 saturated carbocycles. The van der Waals surface area contributed by atoms with E-state index in [2.05, 4.69) is 18.8 Å². The van der Waals surface area contributed by atoms with Crippen LogP contribution in [0.4, 0.5) is 5.69 Å². The molecule has 3 aromatic rings. The van der Waals surface area contributed by atoms with Gasteiger partial charge in [0.2, 0.25) is 0 Å². The minimum Gasteiger partial charge on any atom is -0.312 e. The van der Waals surface area contributed by atoms with Crippen molar-refractivity contribution in [2.75, 3.05) is 11.3 Å². The zero-order valence-electron chi connectivity index (χ0n) is 13.4. The van der Waals surface area contributed by atoms with E-state index in [9.17, 15) is 8.42 Å². The van der Waals surface area contributed by atoms with Crippen molar-refractivity contribution in [1.29, 1.82) is 0 Å². The smallest absolute Gasteiger partial charge is 0.264 e. The Morgan fingerprint density at radius 2 is 1.96 bits per heavy atom. The highest BCUT2D eigenvalue weighted by Crippen LogP contribution is 2.29. The van der Waals surface area contributed by atoms with Gasteiger partial charge in [0.05, 0.1) is 17.4 Å². The number of hydrogen-bond acceptors (Lipinski definition) is 6. The van der Waals surface area contributed by atoms with Crippen LogP contribution in [-0.4, -0.2) is 23.7 Å². The molecule has 6 nitrogen and oxygen atoms in total. The SMILES string of the molecule is Cc1ccc(S(=O)(=O)Nc2cccc3c2CCNC3)c2nsnc12.Cl. The predicted molar refractivity (Wildman–Crippen MR) is 102 cm³/mol. The quantitative estimate of drug-likeness (QED) is 0.711. The number of fused-ring (bicyclic) bond motifs is 2. The largest absolute Gasteiger partial charge is 0.312 e. The molecule has 2 aromatic carbocycles. The van der Waals surface area contributed by atoms with Crippen LogP contribution < -0.4 is 10.0 Å². The molecule has 9 heteroatoms. The van der Waals surface area contributed by atoms with Crippen molar-refractivity contribution in [1.82, 2.24) is 14.1 Å². The van der Waals surface area contributed by atoms with E-state index in [4.69, 9.17) is 0 Å². The molecule has 1 aliphatic rings. The monoisotopic (exact) mass is 396 g/mol. The molecule has 0 aliphatic carbocycles. The first-order valence-electron chi connectivity index (χ1n) is 7.62. The number of aryl methyl sites for hydroxylation is 1. The Kier molecular flexibility index (Phi) is 4.97. The second-order valence-electron chi connectivity index (χ2n) is 5.82. The van der Waals surface area contributed by atoms with Crippen LogP contribution in [0.15, 0.2) is 35.2 Å². The number of hydrogen-bond donors (Lipinski definition) is 2. The second kappa shape index (κ2) is 6.87. The molecule has 0 atom stereocenters. The summed E-state index contributed by atoms with van der Waals surface area (Å²) in [4.78, 5) is 0.170. The van der Waals surface area contributed by atoms with Crippen LogP contribution in [0.25, 0.3) is 11.0 Å². The van der Waals surface area contributed by atoms with Crippen LogP contribution in [-0.2, 0) is 23.0 Å². The molecule has 0 radical (unpaired) electrons. The maximum Gasteiger partial charge on any atom is 0.264 e. The van der Waals surface area contributed by atoms with E-state index in [1.165, 1.54) is 0 Å². The lowest BCUT2D eigenvalue weighted by Gasteiger charge is -2.21.